The summed E-state index contributed by atoms with van der Waals surface area (Å²) in [5.41, 5.74) is 0. The van der Waals surface area contributed by atoms with E-state index in [-0.39, 0.29) is 23.2 Å². The van der Waals surface area contributed by atoms with Crippen LogP contribution in [-0.4, -0.2) is 56.3 Å². The topological polar surface area (TPSA) is 66.9 Å². The molecule has 0 N–H and O–H groups in total. The Morgan fingerprint density at radius 3 is 2.46 bits per heavy atom. The molecule has 1 aromatic rings. The van der Waals surface area contributed by atoms with Crippen LogP contribution < -0.4 is 4.74 Å². The maximum atomic E-state index is 12.8. The minimum Gasteiger partial charge on any atom is -0.482 e. The van der Waals surface area contributed by atoms with Gasteiger partial charge in [0.15, 0.2) is 6.61 Å². The van der Waals surface area contributed by atoms with Gasteiger partial charge in [-0.05, 0) is 37.0 Å². The molecule has 0 saturated carbocycles. The Morgan fingerprint density at radius 2 is 1.88 bits per heavy atom. The van der Waals surface area contributed by atoms with E-state index in [4.69, 9.17) is 16.3 Å². The third-order valence-electron chi connectivity index (χ3n) is 4.72. The fourth-order valence-corrected chi connectivity index (χ4v) is 4.85. The summed E-state index contributed by atoms with van der Waals surface area (Å²) in [4.78, 5) is 14.1. The van der Waals surface area contributed by atoms with Gasteiger partial charge in [-0.25, -0.2) is 8.42 Å². The summed E-state index contributed by atoms with van der Waals surface area (Å²) < 4.78 is 32.6. The molecule has 0 atom stereocenters. The van der Waals surface area contributed by atoms with Crippen molar-refractivity contribution in [2.75, 3.05) is 32.8 Å². The lowest BCUT2D eigenvalue weighted by molar-refractivity contribution is -0.134. The van der Waals surface area contributed by atoms with Gasteiger partial charge in [0.1, 0.15) is 10.6 Å². The van der Waals surface area contributed by atoms with Crippen molar-refractivity contribution in [1.29, 1.82) is 0 Å². The summed E-state index contributed by atoms with van der Waals surface area (Å²) in [5, 5.41) is 0.305. The third-order valence-corrected chi connectivity index (χ3v) is 7.02. The number of carbonyl (C=O) groups excluding carboxylic acids is 1. The van der Waals surface area contributed by atoms with Crippen LogP contribution in [0.25, 0.3) is 0 Å². The van der Waals surface area contributed by atoms with Crippen molar-refractivity contribution >= 4 is 27.5 Å². The molecule has 1 saturated heterocycles. The lowest BCUT2D eigenvalue weighted by atomic mass is 9.99. The molecular formula is C18H27ClN2O4S. The van der Waals surface area contributed by atoms with Crippen molar-refractivity contribution in [2.45, 2.75) is 38.5 Å². The highest BCUT2D eigenvalue weighted by Crippen LogP contribution is 2.30. The van der Waals surface area contributed by atoms with Crippen LogP contribution in [0.15, 0.2) is 23.1 Å². The number of nitrogens with zero attached hydrogens (tertiary/aromatic N) is 2. The van der Waals surface area contributed by atoms with Gasteiger partial charge >= 0.3 is 0 Å². The molecule has 0 spiro atoms. The standard InChI is InChI=1S/C18H27ClN2O4S/c1-4-21(5-2)26(23,24)17-12-15(19)6-7-16(17)25-13-18(22)20-10-8-14(3)9-11-20/h6-7,12,14H,4-5,8-11,13H2,1-3H3. The van der Waals surface area contributed by atoms with Crippen LogP contribution in [0.5, 0.6) is 5.75 Å². The SMILES string of the molecule is CCN(CC)S(=O)(=O)c1cc(Cl)ccc1OCC(=O)N1CCC(C)CC1. The molecule has 26 heavy (non-hydrogen) atoms. The minimum absolute atomic E-state index is 0.00577. The number of sulfonamides is 1. The number of hydrogen-bond acceptors (Lipinski definition) is 4. The third kappa shape index (κ3) is 4.90. The average Bonchev–Trinajstić information content (AvgIpc) is 2.61. The van der Waals surface area contributed by atoms with Crippen molar-refractivity contribution in [3.63, 3.8) is 0 Å². The summed E-state index contributed by atoms with van der Waals surface area (Å²) in [6.45, 7) is 7.65. The normalized spacial score (nSPS) is 16.1. The number of hydrogen-bond donors (Lipinski definition) is 0. The summed E-state index contributed by atoms with van der Waals surface area (Å²) in [7, 11) is -3.74. The van der Waals surface area contributed by atoms with Crippen LogP contribution in [0, 0.1) is 5.92 Å². The number of halogens is 1. The van der Waals surface area contributed by atoms with E-state index in [2.05, 4.69) is 6.92 Å². The first-order chi connectivity index (χ1) is 12.3. The number of likely N-dealkylation sites (tertiary alicyclic amines) is 1. The Balaban J connectivity index is 2.16. The molecule has 1 amide bonds. The molecule has 0 bridgehead atoms. The fraction of sp³-hybridized carbons (Fsp3) is 0.611. The van der Waals surface area contributed by atoms with Gasteiger partial charge in [-0.3, -0.25) is 4.79 Å². The summed E-state index contributed by atoms with van der Waals surface area (Å²) in [6.07, 6.45) is 1.96. The van der Waals surface area contributed by atoms with Crippen LogP contribution in [-0.2, 0) is 14.8 Å². The molecule has 1 aliphatic heterocycles. The Morgan fingerprint density at radius 1 is 1.27 bits per heavy atom. The second-order valence-electron chi connectivity index (χ2n) is 6.53. The van der Waals surface area contributed by atoms with E-state index in [1.807, 2.05) is 0 Å². The van der Waals surface area contributed by atoms with Crippen molar-refractivity contribution < 1.29 is 17.9 Å². The fourth-order valence-electron chi connectivity index (χ4n) is 2.99. The quantitative estimate of drug-likeness (QED) is 0.703. The van der Waals surface area contributed by atoms with Crippen LogP contribution in [0.1, 0.15) is 33.6 Å². The molecule has 0 aliphatic carbocycles. The molecular weight excluding hydrogens is 376 g/mol. The maximum Gasteiger partial charge on any atom is 0.260 e. The van der Waals surface area contributed by atoms with Crippen LogP contribution >= 0.6 is 11.6 Å². The van der Waals surface area contributed by atoms with Crippen LogP contribution in [0.3, 0.4) is 0 Å². The van der Waals surface area contributed by atoms with Crippen LogP contribution in [0.2, 0.25) is 5.02 Å². The number of piperidine rings is 1. The van der Waals surface area contributed by atoms with Crippen LogP contribution in [0.4, 0.5) is 0 Å². The molecule has 0 aromatic heterocycles. The number of carbonyl (C=O) groups is 1. The van der Waals surface area contributed by atoms with Crippen molar-refractivity contribution in [2.24, 2.45) is 5.92 Å². The zero-order valence-electron chi connectivity index (χ0n) is 15.6. The predicted molar refractivity (Wildman–Crippen MR) is 102 cm³/mol. The smallest absolute Gasteiger partial charge is 0.260 e. The molecule has 2 rings (SSSR count). The molecule has 6 nitrogen and oxygen atoms in total. The average molecular weight is 403 g/mol. The van der Waals surface area contributed by atoms with E-state index in [1.165, 1.54) is 16.4 Å². The van der Waals surface area contributed by atoms with E-state index in [0.29, 0.717) is 37.1 Å². The van der Waals surface area contributed by atoms with Gasteiger partial charge in [-0.1, -0.05) is 32.4 Å². The zero-order chi connectivity index (χ0) is 19.3. The summed E-state index contributed by atoms with van der Waals surface area (Å²) >= 11 is 6.00. The number of rotatable bonds is 7. The number of benzene rings is 1. The molecule has 1 aliphatic rings. The largest absolute Gasteiger partial charge is 0.482 e. The van der Waals surface area contributed by atoms with Gasteiger partial charge in [-0.2, -0.15) is 4.31 Å². The lowest BCUT2D eigenvalue weighted by Gasteiger charge is -2.30. The molecule has 8 heteroatoms. The highest BCUT2D eigenvalue weighted by atomic mass is 35.5. The molecule has 1 heterocycles. The monoisotopic (exact) mass is 402 g/mol. The molecule has 0 radical (unpaired) electrons. The number of amides is 1. The number of ether oxygens (including phenoxy) is 1. The lowest BCUT2D eigenvalue weighted by Crippen LogP contribution is -2.40. The first kappa shape index (κ1) is 21.0. The van der Waals surface area contributed by atoms with E-state index in [1.54, 1.807) is 24.8 Å². The molecule has 1 fully saturated rings. The van der Waals surface area contributed by atoms with Gasteiger partial charge in [0.2, 0.25) is 10.0 Å². The predicted octanol–water partition coefficient (Wildman–Crippen LogP) is 3.01. The zero-order valence-corrected chi connectivity index (χ0v) is 17.1. The second kappa shape index (κ2) is 9.06. The Bertz CT molecular complexity index is 727. The van der Waals surface area contributed by atoms with Gasteiger partial charge < -0.3 is 9.64 Å². The van der Waals surface area contributed by atoms with Gasteiger partial charge in [0.25, 0.3) is 5.91 Å². The second-order valence-corrected chi connectivity index (χ2v) is 8.88. The molecule has 0 unspecified atom stereocenters. The maximum absolute atomic E-state index is 12.8. The first-order valence-corrected chi connectivity index (χ1v) is 10.8. The Hall–Kier alpha value is -1.31. The van der Waals surface area contributed by atoms with Gasteiger partial charge in [0, 0.05) is 31.2 Å². The van der Waals surface area contributed by atoms with E-state index >= 15 is 0 Å². The highest BCUT2D eigenvalue weighted by Gasteiger charge is 2.27. The highest BCUT2D eigenvalue weighted by molar-refractivity contribution is 7.89. The molecule has 146 valence electrons. The van der Waals surface area contributed by atoms with Crippen molar-refractivity contribution in [3.05, 3.63) is 23.2 Å². The molecule has 1 aromatic carbocycles. The van der Waals surface area contributed by atoms with Crippen molar-refractivity contribution in [1.82, 2.24) is 9.21 Å². The van der Waals surface area contributed by atoms with E-state index < -0.39 is 10.0 Å². The summed E-state index contributed by atoms with van der Waals surface area (Å²) in [5.74, 6) is 0.653. The van der Waals surface area contributed by atoms with Crippen molar-refractivity contribution in [3.8, 4) is 5.75 Å². The Labute approximate surface area is 161 Å². The first-order valence-electron chi connectivity index (χ1n) is 8.99. The van der Waals surface area contributed by atoms with Gasteiger partial charge in [-0.15, -0.1) is 0 Å². The van der Waals surface area contributed by atoms with Gasteiger partial charge in [0.05, 0.1) is 0 Å². The summed E-state index contributed by atoms with van der Waals surface area (Å²) in [6, 6.07) is 4.44. The minimum atomic E-state index is -3.74. The van der Waals surface area contributed by atoms with E-state index in [0.717, 1.165) is 12.8 Å². The Kier molecular flexibility index (Phi) is 7.32. The van der Waals surface area contributed by atoms with E-state index in [9.17, 15) is 13.2 Å².